The smallest absolute Gasteiger partial charge is 0.408 e. The number of fused-ring (bicyclic) bond motifs is 1. The van der Waals surface area contributed by atoms with Gasteiger partial charge in [0.15, 0.2) is 5.78 Å². The van der Waals surface area contributed by atoms with Crippen molar-refractivity contribution in [1.82, 2.24) is 20.4 Å². The van der Waals surface area contributed by atoms with Crippen LogP contribution in [-0.2, 0) is 32.1 Å². The maximum Gasteiger partial charge on any atom is 0.408 e. The number of carbonyl (C=O) groups is 5. The molecular formula is C34H37N5O6. The van der Waals surface area contributed by atoms with Gasteiger partial charge in [-0.05, 0) is 41.8 Å². The lowest BCUT2D eigenvalue weighted by Crippen LogP contribution is -2.52. The van der Waals surface area contributed by atoms with E-state index in [1.807, 2.05) is 91.8 Å². The van der Waals surface area contributed by atoms with Crippen molar-refractivity contribution in [2.45, 2.75) is 37.6 Å². The van der Waals surface area contributed by atoms with Crippen LogP contribution in [0, 0.1) is 0 Å². The second kappa shape index (κ2) is 14.1. The van der Waals surface area contributed by atoms with E-state index in [1.165, 1.54) is 9.80 Å². The van der Waals surface area contributed by atoms with Crippen molar-refractivity contribution in [2.75, 3.05) is 38.6 Å². The monoisotopic (exact) mass is 611 g/mol. The van der Waals surface area contributed by atoms with Crippen LogP contribution in [0.2, 0.25) is 0 Å². The fraction of sp³-hybridized carbons (Fsp3) is 0.324. The molecule has 4 amide bonds. The Morgan fingerprint density at radius 3 is 2.18 bits per heavy atom. The fourth-order valence-electron chi connectivity index (χ4n) is 5.82. The average molecular weight is 612 g/mol. The molecule has 2 aliphatic rings. The lowest BCUT2D eigenvalue weighted by molar-refractivity contribution is -0.135. The number of carbonyl (C=O) groups excluding carboxylic acids is 5. The first-order valence-electron chi connectivity index (χ1n) is 14.9. The lowest BCUT2D eigenvalue weighted by atomic mass is 10.0. The number of ketones is 1. The summed E-state index contributed by atoms with van der Waals surface area (Å²) in [6.45, 7) is -0.132. The van der Waals surface area contributed by atoms with Crippen LogP contribution in [-0.4, -0.2) is 91.3 Å². The van der Waals surface area contributed by atoms with E-state index >= 15 is 0 Å². The minimum atomic E-state index is -0.981. The summed E-state index contributed by atoms with van der Waals surface area (Å²) < 4.78 is 5.38. The van der Waals surface area contributed by atoms with Crippen molar-refractivity contribution in [3.05, 3.63) is 102 Å². The molecule has 2 fully saturated rings. The minimum Gasteiger partial charge on any atom is -0.445 e. The van der Waals surface area contributed by atoms with Crippen LogP contribution in [0.3, 0.4) is 0 Å². The Bertz CT molecular complexity index is 1530. The lowest BCUT2D eigenvalue weighted by Gasteiger charge is -2.28. The molecule has 11 nitrogen and oxygen atoms in total. The van der Waals surface area contributed by atoms with Gasteiger partial charge in [0.25, 0.3) is 5.91 Å². The summed E-state index contributed by atoms with van der Waals surface area (Å²) in [6, 6.07) is 23.1. The van der Waals surface area contributed by atoms with Gasteiger partial charge in [-0.3, -0.25) is 19.2 Å². The van der Waals surface area contributed by atoms with Gasteiger partial charge in [-0.2, -0.15) is 0 Å². The Labute approximate surface area is 262 Å². The van der Waals surface area contributed by atoms with Gasteiger partial charge in [-0.15, -0.1) is 0 Å². The van der Waals surface area contributed by atoms with Crippen LogP contribution >= 0.6 is 0 Å². The number of alkyl carbamates (subject to hydrolysis) is 1. The van der Waals surface area contributed by atoms with Gasteiger partial charge in [0.1, 0.15) is 18.7 Å². The Balaban J connectivity index is 1.22. The number of anilines is 1. The van der Waals surface area contributed by atoms with Crippen molar-refractivity contribution >= 4 is 35.3 Å². The summed E-state index contributed by atoms with van der Waals surface area (Å²) in [4.78, 5) is 70.6. The Morgan fingerprint density at radius 1 is 0.889 bits per heavy atom. The van der Waals surface area contributed by atoms with Gasteiger partial charge in [0, 0.05) is 38.3 Å². The standard InChI is InChI=1S/C34H37N5O6/c1-37(2)26-15-13-25(14-16-26)32(42)35-20-30(41)38-18-17-28-31(38)29(40)21-39(28)33(43)27(19-23-9-5-3-6-10-23)36-34(44)45-22-24-11-7-4-8-12-24/h3-16,27-28,31H,17-22H2,1-2H3,(H,35,42)(H,36,44)/t27-,28+,31-/m0/s1. The van der Waals surface area contributed by atoms with E-state index < -0.39 is 41.9 Å². The molecule has 0 spiro atoms. The zero-order chi connectivity index (χ0) is 31.9. The van der Waals surface area contributed by atoms with Crippen molar-refractivity contribution < 1.29 is 28.7 Å². The quantitative estimate of drug-likeness (QED) is 0.360. The largest absolute Gasteiger partial charge is 0.445 e. The number of nitrogens with one attached hydrogen (secondary N) is 2. The summed E-state index contributed by atoms with van der Waals surface area (Å²) in [5.74, 6) is -1.46. The fourth-order valence-corrected chi connectivity index (χ4v) is 5.82. The molecule has 3 aromatic carbocycles. The summed E-state index contributed by atoms with van der Waals surface area (Å²) in [6.07, 6.45) is -0.137. The second-order valence-corrected chi connectivity index (χ2v) is 11.4. The van der Waals surface area contributed by atoms with Gasteiger partial charge in [-0.1, -0.05) is 60.7 Å². The van der Waals surface area contributed by atoms with Gasteiger partial charge < -0.3 is 30.1 Å². The van der Waals surface area contributed by atoms with E-state index in [-0.39, 0.29) is 38.4 Å². The normalized spacial score (nSPS) is 17.8. The van der Waals surface area contributed by atoms with Gasteiger partial charge >= 0.3 is 6.09 Å². The van der Waals surface area contributed by atoms with Crippen LogP contribution in [0.4, 0.5) is 10.5 Å². The molecule has 2 aliphatic heterocycles. The van der Waals surface area contributed by atoms with E-state index in [0.717, 1.165) is 16.8 Å². The molecule has 2 N–H and O–H groups in total. The third-order valence-corrected chi connectivity index (χ3v) is 8.16. The number of benzene rings is 3. The van der Waals surface area contributed by atoms with Crippen LogP contribution in [0.5, 0.6) is 0 Å². The Hall–Kier alpha value is -5.19. The number of ether oxygens (including phenoxy) is 1. The summed E-state index contributed by atoms with van der Waals surface area (Å²) in [7, 11) is 3.80. The highest BCUT2D eigenvalue weighted by atomic mass is 16.5. The average Bonchev–Trinajstić information content (AvgIpc) is 3.64. The van der Waals surface area contributed by atoms with E-state index in [0.29, 0.717) is 12.0 Å². The first-order valence-corrected chi connectivity index (χ1v) is 14.9. The molecule has 0 aromatic heterocycles. The molecule has 0 aliphatic carbocycles. The number of hydrogen-bond acceptors (Lipinski definition) is 7. The van der Waals surface area contributed by atoms with E-state index in [2.05, 4.69) is 10.6 Å². The molecule has 3 atom stereocenters. The van der Waals surface area contributed by atoms with Crippen molar-refractivity contribution in [3.63, 3.8) is 0 Å². The van der Waals surface area contributed by atoms with Crippen LogP contribution in [0.25, 0.3) is 0 Å². The predicted molar refractivity (Wildman–Crippen MR) is 167 cm³/mol. The van der Waals surface area contributed by atoms with E-state index in [1.54, 1.807) is 12.1 Å². The molecular weight excluding hydrogens is 574 g/mol. The van der Waals surface area contributed by atoms with Crippen molar-refractivity contribution in [1.29, 1.82) is 0 Å². The van der Waals surface area contributed by atoms with Gasteiger partial charge in [0.2, 0.25) is 11.8 Å². The maximum atomic E-state index is 13.9. The zero-order valence-electron chi connectivity index (χ0n) is 25.3. The zero-order valence-corrected chi connectivity index (χ0v) is 25.3. The van der Waals surface area contributed by atoms with E-state index in [4.69, 9.17) is 4.74 Å². The maximum absolute atomic E-state index is 13.9. The Morgan fingerprint density at radius 2 is 1.53 bits per heavy atom. The molecule has 234 valence electrons. The minimum absolute atomic E-state index is 0.0425. The number of Topliss-reactive ketones (excluding diaryl/α,β-unsaturated/α-hetero) is 1. The highest BCUT2D eigenvalue weighted by molar-refractivity contribution is 6.00. The van der Waals surface area contributed by atoms with Crippen molar-refractivity contribution in [3.8, 4) is 0 Å². The third-order valence-electron chi connectivity index (χ3n) is 8.16. The van der Waals surface area contributed by atoms with Crippen molar-refractivity contribution in [2.24, 2.45) is 0 Å². The number of nitrogens with zero attached hydrogens (tertiary/aromatic N) is 3. The number of amides is 4. The molecule has 5 rings (SSSR count). The summed E-state index contributed by atoms with van der Waals surface area (Å²) >= 11 is 0. The van der Waals surface area contributed by atoms with E-state index in [9.17, 15) is 24.0 Å². The number of hydrogen-bond donors (Lipinski definition) is 2. The highest BCUT2D eigenvalue weighted by Crippen LogP contribution is 2.30. The SMILES string of the molecule is CN(C)c1ccc(C(=O)NCC(=O)N2CC[C@@H]3[C@H]2C(=O)CN3C(=O)[C@H](Cc2ccccc2)NC(=O)OCc2ccccc2)cc1. The predicted octanol–water partition coefficient (Wildman–Crippen LogP) is 2.40. The Kier molecular flexibility index (Phi) is 9.76. The molecule has 0 unspecified atom stereocenters. The van der Waals surface area contributed by atoms with Gasteiger partial charge in [-0.25, -0.2) is 4.79 Å². The third kappa shape index (κ3) is 7.49. The molecule has 3 aromatic rings. The molecule has 2 saturated heterocycles. The second-order valence-electron chi connectivity index (χ2n) is 11.4. The topological polar surface area (TPSA) is 128 Å². The molecule has 2 heterocycles. The summed E-state index contributed by atoms with van der Waals surface area (Å²) in [5.41, 5.74) is 2.99. The molecule has 0 saturated carbocycles. The van der Waals surface area contributed by atoms with Crippen LogP contribution in [0.15, 0.2) is 84.9 Å². The first kappa shape index (κ1) is 31.2. The first-order chi connectivity index (χ1) is 21.7. The van der Waals surface area contributed by atoms with Gasteiger partial charge in [0.05, 0.1) is 19.1 Å². The molecule has 11 heteroatoms. The highest BCUT2D eigenvalue weighted by Gasteiger charge is 2.52. The molecule has 0 bridgehead atoms. The number of rotatable bonds is 10. The molecule has 0 radical (unpaired) electrons. The summed E-state index contributed by atoms with van der Waals surface area (Å²) in [5, 5.41) is 5.35. The number of likely N-dealkylation sites (tertiary alicyclic amines) is 2. The van der Waals surface area contributed by atoms with Crippen LogP contribution < -0.4 is 15.5 Å². The van der Waals surface area contributed by atoms with Crippen LogP contribution in [0.1, 0.15) is 27.9 Å². The molecule has 45 heavy (non-hydrogen) atoms.